The van der Waals surface area contributed by atoms with E-state index in [1.54, 1.807) is 29.7 Å². The SMILES string of the molecule is Cc1c(C(C)(C)C)sc(=NC(=O)c2cccnc2Cl)n1CC1CC1. The number of thiazole rings is 1. The number of carbonyl (C=O) groups is 1. The van der Waals surface area contributed by atoms with Crippen molar-refractivity contribution in [2.24, 2.45) is 10.9 Å². The highest BCUT2D eigenvalue weighted by molar-refractivity contribution is 7.09. The third kappa shape index (κ3) is 3.62. The van der Waals surface area contributed by atoms with Gasteiger partial charge in [-0.2, -0.15) is 4.99 Å². The topological polar surface area (TPSA) is 47.2 Å². The van der Waals surface area contributed by atoms with Crippen molar-refractivity contribution in [2.75, 3.05) is 0 Å². The first kappa shape index (κ1) is 17.4. The van der Waals surface area contributed by atoms with Gasteiger partial charge in [0.1, 0.15) is 5.15 Å². The minimum absolute atomic E-state index is 0.0306. The minimum Gasteiger partial charge on any atom is -0.320 e. The van der Waals surface area contributed by atoms with E-state index in [2.05, 4.69) is 42.2 Å². The maximum Gasteiger partial charge on any atom is 0.282 e. The molecule has 3 rings (SSSR count). The van der Waals surface area contributed by atoms with Crippen LogP contribution in [0.2, 0.25) is 5.15 Å². The number of halogens is 1. The molecule has 1 saturated carbocycles. The van der Waals surface area contributed by atoms with Crippen molar-refractivity contribution < 1.29 is 4.79 Å². The Kier molecular flexibility index (Phi) is 4.67. The summed E-state index contributed by atoms with van der Waals surface area (Å²) in [7, 11) is 0. The average molecular weight is 364 g/mol. The van der Waals surface area contributed by atoms with E-state index in [4.69, 9.17) is 11.6 Å². The van der Waals surface area contributed by atoms with Crippen molar-refractivity contribution >= 4 is 28.8 Å². The van der Waals surface area contributed by atoms with E-state index < -0.39 is 0 Å². The molecule has 0 unspecified atom stereocenters. The summed E-state index contributed by atoms with van der Waals surface area (Å²) in [6.45, 7) is 9.63. The van der Waals surface area contributed by atoms with Crippen LogP contribution in [0.15, 0.2) is 23.3 Å². The predicted octanol–water partition coefficient (Wildman–Crippen LogP) is 4.36. The molecule has 1 amide bonds. The molecule has 0 N–H and O–H groups in total. The quantitative estimate of drug-likeness (QED) is 0.761. The van der Waals surface area contributed by atoms with Gasteiger partial charge in [0.05, 0.1) is 5.56 Å². The van der Waals surface area contributed by atoms with Crippen LogP contribution in [0.3, 0.4) is 0 Å². The molecule has 0 saturated heterocycles. The van der Waals surface area contributed by atoms with E-state index in [9.17, 15) is 4.79 Å². The van der Waals surface area contributed by atoms with Crippen molar-refractivity contribution in [1.29, 1.82) is 0 Å². The highest BCUT2D eigenvalue weighted by atomic mass is 35.5. The number of aromatic nitrogens is 2. The van der Waals surface area contributed by atoms with Crippen LogP contribution < -0.4 is 4.80 Å². The van der Waals surface area contributed by atoms with Crippen molar-refractivity contribution in [2.45, 2.75) is 52.5 Å². The normalized spacial score (nSPS) is 15.8. The molecule has 0 aromatic carbocycles. The standard InChI is InChI=1S/C18H22ClN3OS/c1-11-14(18(2,3)4)24-17(22(11)10-12-7-8-12)21-16(23)13-6-5-9-20-15(13)19/h5-6,9,12H,7-8,10H2,1-4H3. The fourth-order valence-electron chi connectivity index (χ4n) is 2.73. The van der Waals surface area contributed by atoms with Gasteiger partial charge in [0.25, 0.3) is 5.91 Å². The summed E-state index contributed by atoms with van der Waals surface area (Å²) in [4.78, 5) is 22.9. The van der Waals surface area contributed by atoms with Gasteiger partial charge in [-0.25, -0.2) is 4.98 Å². The fraction of sp³-hybridized carbons (Fsp3) is 0.500. The number of amides is 1. The van der Waals surface area contributed by atoms with Crippen molar-refractivity contribution in [3.63, 3.8) is 0 Å². The van der Waals surface area contributed by atoms with E-state index in [-0.39, 0.29) is 16.5 Å². The van der Waals surface area contributed by atoms with E-state index in [0.717, 1.165) is 11.3 Å². The van der Waals surface area contributed by atoms with Gasteiger partial charge in [0.15, 0.2) is 4.80 Å². The first-order valence-corrected chi connectivity index (χ1v) is 9.37. The predicted molar refractivity (Wildman–Crippen MR) is 97.6 cm³/mol. The largest absolute Gasteiger partial charge is 0.320 e. The van der Waals surface area contributed by atoms with Crippen LogP contribution in [0.5, 0.6) is 0 Å². The zero-order valence-corrected chi connectivity index (χ0v) is 16.0. The molecule has 4 nitrogen and oxygen atoms in total. The monoisotopic (exact) mass is 363 g/mol. The molecule has 0 bridgehead atoms. The van der Waals surface area contributed by atoms with Crippen LogP contribution in [0.4, 0.5) is 0 Å². The molecule has 2 aromatic rings. The Balaban J connectivity index is 2.08. The van der Waals surface area contributed by atoms with Gasteiger partial charge in [-0.3, -0.25) is 4.79 Å². The van der Waals surface area contributed by atoms with Gasteiger partial charge < -0.3 is 4.57 Å². The molecule has 128 valence electrons. The van der Waals surface area contributed by atoms with Crippen molar-refractivity contribution in [3.8, 4) is 0 Å². The van der Waals surface area contributed by atoms with Crippen LogP contribution in [-0.4, -0.2) is 15.5 Å². The summed E-state index contributed by atoms with van der Waals surface area (Å²) in [6, 6.07) is 3.37. The van der Waals surface area contributed by atoms with E-state index in [1.165, 1.54) is 23.4 Å². The summed E-state index contributed by atoms with van der Waals surface area (Å²) in [6.07, 6.45) is 4.09. The minimum atomic E-state index is -0.334. The molecular formula is C18H22ClN3OS. The third-order valence-corrected chi connectivity index (χ3v) is 6.07. The fourth-order valence-corrected chi connectivity index (χ4v) is 4.13. The number of hydrogen-bond donors (Lipinski definition) is 0. The average Bonchev–Trinajstić information content (AvgIpc) is 3.26. The summed E-state index contributed by atoms with van der Waals surface area (Å²) in [5.41, 5.74) is 1.59. The van der Waals surface area contributed by atoms with Gasteiger partial charge in [-0.05, 0) is 43.2 Å². The lowest BCUT2D eigenvalue weighted by Crippen LogP contribution is -2.20. The summed E-state index contributed by atoms with van der Waals surface area (Å²) in [5.74, 6) is 0.376. The highest BCUT2D eigenvalue weighted by Crippen LogP contribution is 2.33. The molecule has 1 aliphatic rings. The van der Waals surface area contributed by atoms with Gasteiger partial charge in [0, 0.05) is 23.3 Å². The lowest BCUT2D eigenvalue weighted by Gasteiger charge is -2.17. The number of hydrogen-bond acceptors (Lipinski definition) is 3. The molecule has 0 spiro atoms. The second-order valence-corrected chi connectivity index (χ2v) is 8.70. The van der Waals surface area contributed by atoms with E-state index in [1.807, 2.05) is 0 Å². The molecule has 1 aliphatic carbocycles. The Labute approximate surface area is 151 Å². The molecule has 6 heteroatoms. The number of pyridine rings is 1. The number of rotatable bonds is 3. The smallest absolute Gasteiger partial charge is 0.282 e. The van der Waals surface area contributed by atoms with Crippen molar-refractivity contribution in [3.05, 3.63) is 44.4 Å². The van der Waals surface area contributed by atoms with Crippen LogP contribution >= 0.6 is 22.9 Å². The lowest BCUT2D eigenvalue weighted by atomic mass is 9.93. The third-order valence-electron chi connectivity index (χ3n) is 4.16. The Morgan fingerprint density at radius 2 is 2.17 bits per heavy atom. The molecule has 1 fully saturated rings. The molecule has 2 heterocycles. The molecule has 0 atom stereocenters. The molecule has 24 heavy (non-hydrogen) atoms. The molecule has 0 radical (unpaired) electrons. The summed E-state index contributed by atoms with van der Waals surface area (Å²) in [5, 5.41) is 0.198. The van der Waals surface area contributed by atoms with Gasteiger partial charge in [-0.15, -0.1) is 11.3 Å². The summed E-state index contributed by atoms with van der Waals surface area (Å²) >= 11 is 7.64. The van der Waals surface area contributed by atoms with Crippen LogP contribution in [0, 0.1) is 12.8 Å². The highest BCUT2D eigenvalue weighted by Gasteiger charge is 2.27. The Hall–Kier alpha value is -1.46. The van der Waals surface area contributed by atoms with Crippen LogP contribution in [0.1, 0.15) is 54.5 Å². The van der Waals surface area contributed by atoms with Crippen LogP contribution in [0.25, 0.3) is 0 Å². The maximum absolute atomic E-state index is 12.6. The lowest BCUT2D eigenvalue weighted by molar-refractivity contribution is 0.0997. The van der Waals surface area contributed by atoms with E-state index in [0.29, 0.717) is 11.5 Å². The van der Waals surface area contributed by atoms with E-state index >= 15 is 0 Å². The first-order valence-electron chi connectivity index (χ1n) is 8.17. The zero-order chi connectivity index (χ0) is 17.5. The second kappa shape index (κ2) is 6.45. The Bertz CT molecular complexity index is 841. The first-order chi connectivity index (χ1) is 11.3. The second-order valence-electron chi connectivity index (χ2n) is 7.36. The van der Waals surface area contributed by atoms with Gasteiger partial charge in [0.2, 0.25) is 0 Å². The Morgan fingerprint density at radius 3 is 2.75 bits per heavy atom. The molecular weight excluding hydrogens is 342 g/mol. The summed E-state index contributed by atoms with van der Waals surface area (Å²) < 4.78 is 2.20. The molecule has 0 aliphatic heterocycles. The van der Waals surface area contributed by atoms with Crippen LogP contribution in [-0.2, 0) is 12.0 Å². The van der Waals surface area contributed by atoms with Gasteiger partial charge in [-0.1, -0.05) is 32.4 Å². The Morgan fingerprint density at radius 1 is 1.46 bits per heavy atom. The number of nitrogens with zero attached hydrogens (tertiary/aromatic N) is 3. The van der Waals surface area contributed by atoms with Gasteiger partial charge >= 0.3 is 0 Å². The zero-order valence-electron chi connectivity index (χ0n) is 14.5. The van der Waals surface area contributed by atoms with Crippen molar-refractivity contribution in [1.82, 2.24) is 9.55 Å². The number of carbonyl (C=O) groups excluding carboxylic acids is 1. The maximum atomic E-state index is 12.6. The molecule has 2 aromatic heterocycles.